The van der Waals surface area contributed by atoms with Gasteiger partial charge in [0, 0.05) is 22.6 Å². The molecule has 7 heteroatoms. The molecule has 0 spiro atoms. The average molecular weight is 441 g/mol. The van der Waals surface area contributed by atoms with Crippen LogP contribution in [0.25, 0.3) is 0 Å². The van der Waals surface area contributed by atoms with Gasteiger partial charge in [-0.2, -0.15) is 0 Å². The van der Waals surface area contributed by atoms with Crippen LogP contribution >= 0.6 is 43.5 Å². The lowest BCUT2D eigenvalue weighted by atomic mass is 10.2. The molecule has 0 aliphatic carbocycles. The van der Waals surface area contributed by atoms with Crippen molar-refractivity contribution in [3.05, 3.63) is 55.4 Å². The van der Waals surface area contributed by atoms with Crippen molar-refractivity contribution in [2.24, 2.45) is 0 Å². The summed E-state index contributed by atoms with van der Waals surface area (Å²) in [6.07, 6.45) is 0. The first-order valence-electron chi connectivity index (χ1n) is 5.82. The quantitative estimate of drug-likeness (QED) is 0.651. The zero-order valence-corrected chi connectivity index (χ0v) is 14.7. The first-order valence-corrected chi connectivity index (χ1v) is 7.79. The van der Waals surface area contributed by atoms with Gasteiger partial charge >= 0.3 is 0 Å². The molecule has 0 atom stereocenters. The van der Waals surface area contributed by atoms with Gasteiger partial charge in [0.2, 0.25) is 0 Å². The number of nitrogens with one attached hydrogen (secondary N) is 1. The second kappa shape index (κ2) is 6.94. The van der Waals surface area contributed by atoms with E-state index in [1.54, 1.807) is 7.11 Å². The lowest BCUT2D eigenvalue weighted by Gasteiger charge is -2.14. The Bertz CT molecular complexity index is 659. The standard InChI is InChI=1S/C14H10Br2ClF2NO/c1-21-14-7(2-8(15)3-10(14)16)6-20-13-11(17)4-9(18)5-12(13)19/h2-5,20H,6H2,1H3. The highest BCUT2D eigenvalue weighted by molar-refractivity contribution is 9.11. The molecule has 1 N–H and O–H groups in total. The maximum Gasteiger partial charge on any atom is 0.150 e. The molecule has 2 nitrogen and oxygen atoms in total. The van der Waals surface area contributed by atoms with Gasteiger partial charge in [-0.15, -0.1) is 0 Å². The lowest BCUT2D eigenvalue weighted by molar-refractivity contribution is 0.407. The summed E-state index contributed by atoms with van der Waals surface area (Å²) in [6, 6.07) is 5.52. The molecule has 2 rings (SSSR count). The Morgan fingerprint density at radius 1 is 1.19 bits per heavy atom. The molecule has 0 bridgehead atoms. The summed E-state index contributed by atoms with van der Waals surface area (Å²) in [6.45, 7) is 0.267. The predicted octanol–water partition coefficient (Wildman–Crippen LogP) is 5.76. The van der Waals surface area contributed by atoms with Crippen molar-refractivity contribution in [1.29, 1.82) is 0 Å². The van der Waals surface area contributed by atoms with Crippen molar-refractivity contribution in [1.82, 2.24) is 0 Å². The third-order valence-electron chi connectivity index (χ3n) is 2.75. The van der Waals surface area contributed by atoms with Crippen LogP contribution in [0, 0.1) is 11.6 Å². The molecule has 2 aromatic carbocycles. The topological polar surface area (TPSA) is 21.3 Å². The number of halogens is 5. The molecule has 0 aliphatic rings. The number of methoxy groups -OCH3 is 1. The van der Waals surface area contributed by atoms with Crippen LogP contribution in [0.1, 0.15) is 5.56 Å². The zero-order chi connectivity index (χ0) is 15.6. The van der Waals surface area contributed by atoms with Crippen LogP contribution in [0.3, 0.4) is 0 Å². The lowest BCUT2D eigenvalue weighted by Crippen LogP contribution is -2.05. The summed E-state index contributed by atoms with van der Waals surface area (Å²) in [7, 11) is 1.54. The van der Waals surface area contributed by atoms with Gasteiger partial charge in [0.1, 0.15) is 11.6 Å². The molecule has 0 radical (unpaired) electrons. The van der Waals surface area contributed by atoms with Crippen molar-refractivity contribution in [2.75, 3.05) is 12.4 Å². The van der Waals surface area contributed by atoms with Crippen LogP contribution in [0.5, 0.6) is 5.75 Å². The summed E-state index contributed by atoms with van der Waals surface area (Å²) in [5.41, 5.74) is 0.842. The van der Waals surface area contributed by atoms with E-state index < -0.39 is 11.6 Å². The van der Waals surface area contributed by atoms with Crippen molar-refractivity contribution < 1.29 is 13.5 Å². The number of anilines is 1. The third kappa shape index (κ3) is 3.87. The van der Waals surface area contributed by atoms with E-state index >= 15 is 0 Å². The molecule has 0 aromatic heterocycles. The monoisotopic (exact) mass is 439 g/mol. The Morgan fingerprint density at radius 3 is 2.52 bits per heavy atom. The SMILES string of the molecule is COc1c(Br)cc(Br)cc1CNc1c(F)cc(F)cc1Cl. The summed E-state index contributed by atoms with van der Waals surface area (Å²) in [5.74, 6) is -0.830. The Morgan fingerprint density at radius 2 is 1.90 bits per heavy atom. The summed E-state index contributed by atoms with van der Waals surface area (Å²) in [5, 5.41) is 2.85. The zero-order valence-electron chi connectivity index (χ0n) is 10.8. The van der Waals surface area contributed by atoms with Crippen LogP contribution < -0.4 is 10.1 Å². The summed E-state index contributed by atoms with van der Waals surface area (Å²) in [4.78, 5) is 0. The van der Waals surface area contributed by atoms with Crippen LogP contribution in [-0.2, 0) is 6.54 Å². The van der Waals surface area contributed by atoms with Crippen molar-refractivity contribution in [3.63, 3.8) is 0 Å². The number of rotatable bonds is 4. The van der Waals surface area contributed by atoms with E-state index in [0.717, 1.165) is 26.6 Å². The van der Waals surface area contributed by atoms with Crippen molar-refractivity contribution >= 4 is 49.1 Å². The van der Waals surface area contributed by atoms with E-state index in [9.17, 15) is 8.78 Å². The Hall–Kier alpha value is -0.850. The van der Waals surface area contributed by atoms with E-state index in [-0.39, 0.29) is 17.3 Å². The highest BCUT2D eigenvalue weighted by atomic mass is 79.9. The fourth-order valence-corrected chi connectivity index (χ4v) is 3.61. The van der Waals surface area contributed by atoms with E-state index in [0.29, 0.717) is 5.75 Å². The minimum Gasteiger partial charge on any atom is -0.495 e. The van der Waals surface area contributed by atoms with Gasteiger partial charge in [0.15, 0.2) is 5.82 Å². The van der Waals surface area contributed by atoms with Crippen molar-refractivity contribution in [2.45, 2.75) is 6.54 Å². The van der Waals surface area contributed by atoms with Gasteiger partial charge < -0.3 is 10.1 Å². The molecule has 0 fully saturated rings. The molecule has 2 aromatic rings. The van der Waals surface area contributed by atoms with Gasteiger partial charge in [-0.3, -0.25) is 0 Å². The minimum absolute atomic E-state index is 0.0134. The maximum absolute atomic E-state index is 13.7. The molecular weight excluding hydrogens is 431 g/mol. The average Bonchev–Trinajstić information content (AvgIpc) is 2.36. The van der Waals surface area contributed by atoms with E-state index in [2.05, 4.69) is 37.2 Å². The molecular formula is C14H10Br2ClF2NO. The highest BCUT2D eigenvalue weighted by Gasteiger charge is 2.13. The Kier molecular flexibility index (Phi) is 5.46. The normalized spacial score (nSPS) is 10.6. The predicted molar refractivity (Wildman–Crippen MR) is 87.1 cm³/mol. The molecule has 0 saturated heterocycles. The van der Waals surface area contributed by atoms with Gasteiger partial charge in [-0.1, -0.05) is 27.5 Å². The number of hydrogen-bond acceptors (Lipinski definition) is 2. The number of ether oxygens (including phenoxy) is 1. The van der Waals surface area contributed by atoms with Crippen LogP contribution in [0.2, 0.25) is 5.02 Å². The van der Waals surface area contributed by atoms with Crippen LogP contribution in [0.15, 0.2) is 33.2 Å². The molecule has 0 heterocycles. The first kappa shape index (κ1) is 16.5. The Labute approximate surface area is 142 Å². The number of hydrogen-bond donors (Lipinski definition) is 1. The second-order valence-electron chi connectivity index (χ2n) is 4.18. The van der Waals surface area contributed by atoms with Gasteiger partial charge in [0.25, 0.3) is 0 Å². The molecule has 21 heavy (non-hydrogen) atoms. The van der Waals surface area contributed by atoms with Gasteiger partial charge in [-0.25, -0.2) is 8.78 Å². The molecule has 0 unspecified atom stereocenters. The first-order chi connectivity index (χ1) is 9.92. The van der Waals surface area contributed by atoms with E-state index in [1.807, 2.05) is 12.1 Å². The smallest absolute Gasteiger partial charge is 0.150 e. The summed E-state index contributed by atoms with van der Waals surface area (Å²) >= 11 is 12.6. The molecule has 112 valence electrons. The Balaban J connectivity index is 2.29. The van der Waals surface area contributed by atoms with Crippen LogP contribution in [0.4, 0.5) is 14.5 Å². The van der Waals surface area contributed by atoms with Crippen molar-refractivity contribution in [3.8, 4) is 5.75 Å². The highest BCUT2D eigenvalue weighted by Crippen LogP contribution is 2.34. The third-order valence-corrected chi connectivity index (χ3v) is 4.10. The fraction of sp³-hybridized carbons (Fsp3) is 0.143. The molecule has 0 aliphatic heterocycles. The summed E-state index contributed by atoms with van der Waals surface area (Å²) < 4.78 is 33.6. The van der Waals surface area contributed by atoms with Crippen LogP contribution in [-0.4, -0.2) is 7.11 Å². The number of benzene rings is 2. The molecule has 0 saturated carbocycles. The van der Waals surface area contributed by atoms with E-state index in [4.69, 9.17) is 16.3 Å². The minimum atomic E-state index is -0.743. The van der Waals surface area contributed by atoms with E-state index in [1.165, 1.54) is 0 Å². The maximum atomic E-state index is 13.7. The fourth-order valence-electron chi connectivity index (χ4n) is 1.87. The second-order valence-corrected chi connectivity index (χ2v) is 6.36. The van der Waals surface area contributed by atoms with Gasteiger partial charge in [0.05, 0.1) is 22.3 Å². The van der Waals surface area contributed by atoms with Gasteiger partial charge in [-0.05, 0) is 34.1 Å². The molecule has 0 amide bonds. The largest absolute Gasteiger partial charge is 0.495 e.